The molecule has 0 spiro atoms. The summed E-state index contributed by atoms with van der Waals surface area (Å²) in [6.07, 6.45) is 0. The molecule has 0 N–H and O–H groups in total. The van der Waals surface area contributed by atoms with Crippen molar-refractivity contribution in [2.75, 3.05) is 0 Å². The molecule has 0 aliphatic rings. The van der Waals surface area contributed by atoms with Crippen LogP contribution in [-0.2, 0) is 4.32 Å². The highest BCUT2D eigenvalue weighted by atomic mass is 79.9. The van der Waals surface area contributed by atoms with Gasteiger partial charge in [-0.2, -0.15) is 0 Å². The van der Waals surface area contributed by atoms with E-state index in [1.807, 2.05) is 30.3 Å². The Balaban J connectivity index is 2.27. The van der Waals surface area contributed by atoms with Crippen LogP contribution < -0.4 is 0 Å². The summed E-state index contributed by atoms with van der Waals surface area (Å²) < 4.78 is -0.407. The van der Waals surface area contributed by atoms with Gasteiger partial charge < -0.3 is 0 Å². The second-order valence-electron chi connectivity index (χ2n) is 5.43. The summed E-state index contributed by atoms with van der Waals surface area (Å²) in [6, 6.07) is 27.1. The largest absolute Gasteiger partial charge is 0.100 e. The molecule has 0 fully saturated rings. The zero-order chi connectivity index (χ0) is 15.6. The van der Waals surface area contributed by atoms with Crippen LogP contribution in [0.15, 0.2) is 78.9 Å². The van der Waals surface area contributed by atoms with Gasteiger partial charge in [-0.1, -0.05) is 94.8 Å². The van der Waals surface area contributed by atoms with Crippen molar-refractivity contribution in [2.24, 2.45) is 0 Å². The van der Waals surface area contributed by atoms with Crippen molar-refractivity contribution in [3.05, 3.63) is 121 Å². The molecule has 22 heavy (non-hydrogen) atoms. The molecular formula is C21H17Br. The number of rotatable bonds is 3. The van der Waals surface area contributed by atoms with Crippen LogP contribution in [0.3, 0.4) is 0 Å². The summed E-state index contributed by atoms with van der Waals surface area (Å²) in [7, 11) is 0. The summed E-state index contributed by atoms with van der Waals surface area (Å²) in [6.45, 7) is 8.13. The Morgan fingerprint density at radius 2 is 1.05 bits per heavy atom. The lowest BCUT2D eigenvalue weighted by molar-refractivity contribution is 0.914. The second kappa shape index (κ2) is 6.10. The van der Waals surface area contributed by atoms with E-state index in [9.17, 15) is 0 Å². The van der Waals surface area contributed by atoms with E-state index in [1.54, 1.807) is 0 Å². The predicted octanol–water partition coefficient (Wildman–Crippen LogP) is 5.74. The maximum atomic E-state index is 4.07. The van der Waals surface area contributed by atoms with Gasteiger partial charge in [0.05, 0.1) is 0 Å². The van der Waals surface area contributed by atoms with Crippen molar-refractivity contribution in [3.63, 3.8) is 0 Å². The van der Waals surface area contributed by atoms with Crippen molar-refractivity contribution in [3.8, 4) is 0 Å². The molecule has 1 heteroatoms. The smallest absolute Gasteiger partial charge is 0.0696 e. The molecule has 0 atom stereocenters. The lowest BCUT2D eigenvalue weighted by Gasteiger charge is -2.30. The molecule has 0 saturated carbocycles. The summed E-state index contributed by atoms with van der Waals surface area (Å²) >= 11 is 4.02. The van der Waals surface area contributed by atoms with Crippen molar-refractivity contribution in [2.45, 2.75) is 4.32 Å². The van der Waals surface area contributed by atoms with E-state index in [1.165, 1.54) is 5.56 Å². The van der Waals surface area contributed by atoms with Crippen molar-refractivity contribution >= 4 is 15.9 Å². The highest BCUT2D eigenvalue weighted by Gasteiger charge is 2.33. The standard InChI is InChI=1S/C21H17Br/c1-16-8-6-12-19(14-16)21(22,18-10-4-3-5-11-18)20-13-7-9-17(2)15-20/h3-15H,1-2H2. The first-order chi connectivity index (χ1) is 10.6. The van der Waals surface area contributed by atoms with Gasteiger partial charge >= 0.3 is 0 Å². The second-order valence-corrected chi connectivity index (χ2v) is 6.61. The molecule has 0 aliphatic carbocycles. The molecule has 0 heterocycles. The highest BCUT2D eigenvalue weighted by molar-refractivity contribution is 9.10. The average molecular weight is 349 g/mol. The van der Waals surface area contributed by atoms with Crippen LogP contribution in [0.4, 0.5) is 0 Å². The van der Waals surface area contributed by atoms with Gasteiger partial charge in [-0.3, -0.25) is 0 Å². The van der Waals surface area contributed by atoms with Crippen LogP contribution in [0.1, 0.15) is 27.8 Å². The first-order valence-electron chi connectivity index (χ1n) is 7.20. The molecule has 108 valence electrons. The summed E-state index contributed by atoms with van der Waals surface area (Å²) in [5, 5.41) is 0. The van der Waals surface area contributed by atoms with E-state index in [4.69, 9.17) is 0 Å². The van der Waals surface area contributed by atoms with E-state index >= 15 is 0 Å². The van der Waals surface area contributed by atoms with Gasteiger partial charge in [-0.25, -0.2) is 0 Å². The molecule has 0 nitrogen and oxygen atoms in total. The number of hydrogen-bond acceptors (Lipinski definition) is 0. The molecule has 3 aromatic rings. The Bertz CT molecular complexity index is 729. The van der Waals surface area contributed by atoms with Gasteiger partial charge in [0.1, 0.15) is 4.32 Å². The first kappa shape index (κ1) is 15.1. The Labute approximate surface area is 141 Å². The number of benzene rings is 3. The molecule has 0 aliphatic heterocycles. The number of halogens is 1. The zero-order valence-electron chi connectivity index (χ0n) is 12.3. The van der Waals surface area contributed by atoms with E-state index in [-0.39, 0.29) is 0 Å². The minimum atomic E-state index is -0.407. The lowest BCUT2D eigenvalue weighted by Crippen LogP contribution is -2.21. The maximum Gasteiger partial charge on any atom is 0.100 e. The quantitative estimate of drug-likeness (QED) is 0.418. The summed E-state index contributed by atoms with van der Waals surface area (Å²) in [4.78, 5) is 0. The SMILES string of the molecule is [CH2]c1cccc(C(Br)(c2ccccc2)c2cccc([CH2])c2)c1. The van der Waals surface area contributed by atoms with Gasteiger partial charge in [-0.05, 0) is 41.7 Å². The topological polar surface area (TPSA) is 0 Å². The van der Waals surface area contributed by atoms with Crippen molar-refractivity contribution in [1.29, 1.82) is 0 Å². The summed E-state index contributed by atoms with van der Waals surface area (Å²) in [5.74, 6) is 0. The van der Waals surface area contributed by atoms with Gasteiger partial charge in [-0.15, -0.1) is 0 Å². The fraction of sp³-hybridized carbons (Fsp3) is 0.0476. The molecule has 2 radical (unpaired) electrons. The third kappa shape index (κ3) is 2.74. The fourth-order valence-corrected chi connectivity index (χ4v) is 3.50. The molecule has 0 aromatic heterocycles. The van der Waals surface area contributed by atoms with Crippen LogP contribution in [0.25, 0.3) is 0 Å². The summed E-state index contributed by atoms with van der Waals surface area (Å²) in [5.41, 5.74) is 5.52. The Morgan fingerprint density at radius 3 is 1.50 bits per heavy atom. The van der Waals surface area contributed by atoms with Crippen LogP contribution in [0, 0.1) is 13.8 Å². The van der Waals surface area contributed by atoms with E-state index in [0.29, 0.717) is 0 Å². The molecule has 0 bridgehead atoms. The molecule has 3 aromatic carbocycles. The van der Waals surface area contributed by atoms with Gasteiger partial charge in [0.15, 0.2) is 0 Å². The third-order valence-corrected chi connectivity index (χ3v) is 5.19. The Morgan fingerprint density at radius 1 is 0.591 bits per heavy atom. The Kier molecular flexibility index (Phi) is 4.17. The monoisotopic (exact) mass is 348 g/mol. The van der Waals surface area contributed by atoms with E-state index < -0.39 is 4.32 Å². The van der Waals surface area contributed by atoms with Crippen LogP contribution in [-0.4, -0.2) is 0 Å². The van der Waals surface area contributed by atoms with Gasteiger partial charge in [0.2, 0.25) is 0 Å². The van der Waals surface area contributed by atoms with Gasteiger partial charge in [0.25, 0.3) is 0 Å². The average Bonchev–Trinajstić information content (AvgIpc) is 2.55. The van der Waals surface area contributed by atoms with E-state index in [0.717, 1.165) is 22.3 Å². The predicted molar refractivity (Wildman–Crippen MR) is 97.1 cm³/mol. The first-order valence-corrected chi connectivity index (χ1v) is 7.99. The number of alkyl halides is 1. The van der Waals surface area contributed by atoms with Crippen LogP contribution >= 0.6 is 15.9 Å². The van der Waals surface area contributed by atoms with Crippen LogP contribution in [0.2, 0.25) is 0 Å². The van der Waals surface area contributed by atoms with Crippen molar-refractivity contribution in [1.82, 2.24) is 0 Å². The normalized spacial score (nSPS) is 11.4. The highest BCUT2D eigenvalue weighted by Crippen LogP contribution is 2.45. The van der Waals surface area contributed by atoms with E-state index in [2.05, 4.69) is 78.3 Å². The number of hydrogen-bond donors (Lipinski definition) is 0. The van der Waals surface area contributed by atoms with Crippen molar-refractivity contribution < 1.29 is 0 Å². The molecule has 0 saturated heterocycles. The minimum absolute atomic E-state index is 0.407. The molecule has 0 unspecified atom stereocenters. The third-order valence-electron chi connectivity index (χ3n) is 3.82. The minimum Gasteiger partial charge on any atom is -0.0696 e. The lowest BCUT2D eigenvalue weighted by atomic mass is 9.84. The zero-order valence-corrected chi connectivity index (χ0v) is 13.9. The fourth-order valence-electron chi connectivity index (χ4n) is 2.74. The maximum absolute atomic E-state index is 4.07. The molecular weight excluding hydrogens is 332 g/mol. The Hall–Kier alpha value is -1.86. The van der Waals surface area contributed by atoms with Gasteiger partial charge in [0, 0.05) is 0 Å². The van der Waals surface area contributed by atoms with Crippen LogP contribution in [0.5, 0.6) is 0 Å². The molecule has 3 rings (SSSR count). The molecule has 0 amide bonds.